The van der Waals surface area contributed by atoms with E-state index in [9.17, 15) is 9.90 Å². The Bertz CT molecular complexity index is 490. The molecule has 0 saturated carbocycles. The number of methoxy groups -OCH3 is 1. The summed E-state index contributed by atoms with van der Waals surface area (Å²) in [6, 6.07) is 4.83. The molecule has 0 aromatic heterocycles. The van der Waals surface area contributed by atoms with Crippen molar-refractivity contribution < 1.29 is 19.4 Å². The number of carbonyl (C=O) groups is 1. The molecule has 0 heterocycles. The molecule has 0 aliphatic rings. The molecule has 110 valence electrons. The number of aromatic hydroxyl groups is 1. The third-order valence-corrected chi connectivity index (χ3v) is 2.90. The maximum Gasteiger partial charge on any atom is 0.328 e. The van der Waals surface area contributed by atoms with E-state index in [-0.39, 0.29) is 18.8 Å². The summed E-state index contributed by atoms with van der Waals surface area (Å²) in [6.07, 6.45) is 1.77. The van der Waals surface area contributed by atoms with Crippen molar-refractivity contribution in [2.45, 2.75) is 18.9 Å². The molecule has 0 amide bonds. The van der Waals surface area contributed by atoms with Crippen molar-refractivity contribution in [2.75, 3.05) is 13.7 Å². The summed E-state index contributed by atoms with van der Waals surface area (Å²) in [5, 5.41) is 9.55. The molecule has 20 heavy (non-hydrogen) atoms. The first-order chi connectivity index (χ1) is 9.46. The lowest BCUT2D eigenvalue weighted by atomic mass is 9.93. The van der Waals surface area contributed by atoms with Crippen LogP contribution in [0.5, 0.6) is 11.5 Å². The zero-order valence-electron chi connectivity index (χ0n) is 11.7. The lowest BCUT2D eigenvalue weighted by molar-refractivity contribution is -0.149. The van der Waals surface area contributed by atoms with Crippen LogP contribution in [0.3, 0.4) is 0 Å². The van der Waals surface area contributed by atoms with Crippen LogP contribution in [-0.2, 0) is 16.0 Å². The Hall–Kier alpha value is -2.05. The Morgan fingerprint density at radius 1 is 1.60 bits per heavy atom. The first kappa shape index (κ1) is 16.0. The van der Waals surface area contributed by atoms with E-state index in [1.165, 1.54) is 19.3 Å². The summed E-state index contributed by atoms with van der Waals surface area (Å²) in [4.78, 5) is 12.0. The van der Waals surface area contributed by atoms with Gasteiger partial charge in [0.05, 0.1) is 7.11 Å². The fraction of sp³-hybridized carbons (Fsp3) is 0.357. The molecule has 6 heteroatoms. The number of hydrogen-bond acceptors (Lipinski definition) is 6. The molecule has 0 radical (unpaired) electrons. The SMILES string of the molecule is C=CCOC(=O)C(C)(Cc1ccc(O)c(OC)c1)NN. The highest BCUT2D eigenvalue weighted by Gasteiger charge is 2.34. The molecular formula is C14H20N2O4. The largest absolute Gasteiger partial charge is 0.504 e. The highest BCUT2D eigenvalue weighted by Crippen LogP contribution is 2.28. The van der Waals surface area contributed by atoms with Gasteiger partial charge in [0.1, 0.15) is 12.1 Å². The quantitative estimate of drug-likeness (QED) is 0.297. The van der Waals surface area contributed by atoms with Crippen LogP contribution in [0.1, 0.15) is 12.5 Å². The lowest BCUT2D eigenvalue weighted by Crippen LogP contribution is -2.55. The fourth-order valence-electron chi connectivity index (χ4n) is 1.72. The molecule has 1 atom stereocenters. The van der Waals surface area contributed by atoms with E-state index >= 15 is 0 Å². The van der Waals surface area contributed by atoms with Crippen LogP contribution < -0.4 is 16.0 Å². The van der Waals surface area contributed by atoms with Crippen molar-refractivity contribution in [1.82, 2.24) is 5.43 Å². The number of rotatable bonds is 7. The van der Waals surface area contributed by atoms with Gasteiger partial charge in [-0.05, 0) is 24.6 Å². The second-order valence-corrected chi connectivity index (χ2v) is 4.55. The molecule has 0 aliphatic carbocycles. The van der Waals surface area contributed by atoms with Crippen LogP contribution in [0.4, 0.5) is 0 Å². The van der Waals surface area contributed by atoms with Crippen LogP contribution in [0.25, 0.3) is 0 Å². The van der Waals surface area contributed by atoms with Crippen molar-refractivity contribution in [3.05, 3.63) is 36.4 Å². The molecule has 1 aromatic carbocycles. The summed E-state index contributed by atoms with van der Waals surface area (Å²) in [5.41, 5.74) is 2.17. The maximum atomic E-state index is 12.0. The van der Waals surface area contributed by atoms with Crippen LogP contribution in [-0.4, -0.2) is 30.3 Å². The topological polar surface area (TPSA) is 93.8 Å². The van der Waals surface area contributed by atoms with Gasteiger partial charge in [-0.1, -0.05) is 18.7 Å². The van der Waals surface area contributed by atoms with E-state index in [2.05, 4.69) is 12.0 Å². The minimum absolute atomic E-state index is 0.0351. The van der Waals surface area contributed by atoms with Crippen molar-refractivity contribution >= 4 is 5.97 Å². The smallest absolute Gasteiger partial charge is 0.328 e. The predicted molar refractivity (Wildman–Crippen MR) is 75.2 cm³/mol. The summed E-state index contributed by atoms with van der Waals surface area (Å²) < 4.78 is 10.0. The summed E-state index contributed by atoms with van der Waals surface area (Å²) in [7, 11) is 1.46. The third kappa shape index (κ3) is 3.72. The molecule has 0 spiro atoms. The van der Waals surface area contributed by atoms with E-state index in [1.54, 1.807) is 19.1 Å². The van der Waals surface area contributed by atoms with Gasteiger partial charge < -0.3 is 14.6 Å². The standard InChI is InChI=1S/C14H20N2O4/c1-4-7-20-13(18)14(2,16-15)9-10-5-6-11(17)12(8-10)19-3/h4-6,8,16-17H,1,7,9,15H2,2-3H3. The number of hydrazine groups is 1. The van der Waals surface area contributed by atoms with Crippen LogP contribution >= 0.6 is 0 Å². The van der Waals surface area contributed by atoms with Gasteiger partial charge in [0, 0.05) is 6.42 Å². The number of esters is 1. The summed E-state index contributed by atoms with van der Waals surface area (Å²) in [5.74, 6) is 5.36. The van der Waals surface area contributed by atoms with E-state index in [0.29, 0.717) is 5.75 Å². The Morgan fingerprint density at radius 2 is 2.30 bits per heavy atom. The van der Waals surface area contributed by atoms with Gasteiger partial charge in [-0.15, -0.1) is 0 Å². The monoisotopic (exact) mass is 280 g/mol. The number of phenolic OH excluding ortho intramolecular Hbond substituents is 1. The second kappa shape index (κ2) is 6.93. The molecule has 6 nitrogen and oxygen atoms in total. The van der Waals surface area contributed by atoms with Gasteiger partial charge in [-0.25, -0.2) is 10.2 Å². The second-order valence-electron chi connectivity index (χ2n) is 4.55. The maximum absolute atomic E-state index is 12.0. The zero-order chi connectivity index (χ0) is 15.2. The molecule has 1 rings (SSSR count). The number of hydrogen-bond donors (Lipinski definition) is 3. The van der Waals surface area contributed by atoms with Gasteiger partial charge in [0.2, 0.25) is 0 Å². The first-order valence-electron chi connectivity index (χ1n) is 6.08. The summed E-state index contributed by atoms with van der Waals surface area (Å²) in [6.45, 7) is 5.24. The Kier molecular flexibility index (Phi) is 5.54. The van der Waals surface area contributed by atoms with E-state index in [1.807, 2.05) is 0 Å². The van der Waals surface area contributed by atoms with E-state index in [4.69, 9.17) is 15.3 Å². The highest BCUT2D eigenvalue weighted by molar-refractivity contribution is 5.80. The van der Waals surface area contributed by atoms with E-state index < -0.39 is 11.5 Å². The Morgan fingerprint density at radius 3 is 2.85 bits per heavy atom. The molecule has 4 N–H and O–H groups in total. The van der Waals surface area contributed by atoms with Gasteiger partial charge in [-0.2, -0.15) is 0 Å². The molecule has 1 aromatic rings. The number of nitrogens with two attached hydrogens (primary N) is 1. The minimum atomic E-state index is -1.08. The molecular weight excluding hydrogens is 260 g/mol. The van der Waals surface area contributed by atoms with Gasteiger partial charge >= 0.3 is 5.97 Å². The molecule has 0 bridgehead atoms. The van der Waals surface area contributed by atoms with Gasteiger partial charge in [-0.3, -0.25) is 5.84 Å². The first-order valence-corrected chi connectivity index (χ1v) is 6.08. The molecule has 1 unspecified atom stereocenters. The number of nitrogens with one attached hydrogen (secondary N) is 1. The Labute approximate surface area is 118 Å². The zero-order valence-corrected chi connectivity index (χ0v) is 11.7. The minimum Gasteiger partial charge on any atom is -0.504 e. The third-order valence-electron chi connectivity index (χ3n) is 2.90. The predicted octanol–water partition coefficient (Wildman–Crippen LogP) is 0.895. The van der Waals surface area contributed by atoms with Crippen LogP contribution in [0, 0.1) is 0 Å². The average Bonchev–Trinajstić information content (AvgIpc) is 2.46. The number of phenols is 1. The highest BCUT2D eigenvalue weighted by atomic mass is 16.5. The van der Waals surface area contributed by atoms with Crippen molar-refractivity contribution in [3.8, 4) is 11.5 Å². The number of ether oxygens (including phenoxy) is 2. The van der Waals surface area contributed by atoms with Gasteiger partial charge in [0.15, 0.2) is 11.5 Å². The summed E-state index contributed by atoms with van der Waals surface area (Å²) >= 11 is 0. The van der Waals surface area contributed by atoms with Crippen molar-refractivity contribution in [2.24, 2.45) is 5.84 Å². The number of benzene rings is 1. The van der Waals surface area contributed by atoms with Gasteiger partial charge in [0.25, 0.3) is 0 Å². The van der Waals surface area contributed by atoms with Crippen molar-refractivity contribution in [1.29, 1.82) is 0 Å². The van der Waals surface area contributed by atoms with E-state index in [0.717, 1.165) is 5.56 Å². The normalized spacial score (nSPS) is 13.3. The Balaban J connectivity index is 2.91. The molecule has 0 saturated heterocycles. The number of carbonyl (C=O) groups excluding carboxylic acids is 1. The van der Waals surface area contributed by atoms with Crippen molar-refractivity contribution in [3.63, 3.8) is 0 Å². The van der Waals surface area contributed by atoms with Crippen LogP contribution in [0.2, 0.25) is 0 Å². The lowest BCUT2D eigenvalue weighted by Gasteiger charge is -2.26. The average molecular weight is 280 g/mol. The fourth-order valence-corrected chi connectivity index (χ4v) is 1.72. The molecule has 0 aliphatic heterocycles. The molecule has 0 fully saturated rings. The van der Waals surface area contributed by atoms with Crippen LogP contribution in [0.15, 0.2) is 30.9 Å².